The molecule has 0 spiro atoms. The van der Waals surface area contributed by atoms with Crippen molar-refractivity contribution in [2.24, 2.45) is 5.73 Å². The summed E-state index contributed by atoms with van der Waals surface area (Å²) in [5.74, 6) is -0.138. The Morgan fingerprint density at radius 3 is 2.74 bits per heavy atom. The van der Waals surface area contributed by atoms with Gasteiger partial charge in [-0.3, -0.25) is 4.79 Å². The molecule has 0 aliphatic heterocycles. The zero-order chi connectivity index (χ0) is 16.4. The molecule has 1 heterocycles. The standard InChI is InChI=1S/C18H20ClN3O/c1-2-13(11-20)18(7-3-4-8-18)22-17(23)16-10-12-9-14(19)5-6-15(12)21-16/h2,5-6,9-11,21H,1,3-4,7-8,20H2,(H,22,23)/b13-11+. The molecule has 1 saturated carbocycles. The predicted octanol–water partition coefficient (Wildman–Crippen LogP) is 3.89. The fourth-order valence-corrected chi connectivity index (χ4v) is 3.58. The van der Waals surface area contributed by atoms with Gasteiger partial charge in [0.2, 0.25) is 0 Å². The van der Waals surface area contributed by atoms with Crippen molar-refractivity contribution in [3.63, 3.8) is 0 Å². The first-order valence-corrected chi connectivity index (χ1v) is 8.11. The summed E-state index contributed by atoms with van der Waals surface area (Å²) in [5, 5.41) is 4.73. The van der Waals surface area contributed by atoms with Gasteiger partial charge < -0.3 is 16.0 Å². The van der Waals surface area contributed by atoms with Gasteiger partial charge in [0.15, 0.2) is 0 Å². The molecule has 4 nitrogen and oxygen atoms in total. The van der Waals surface area contributed by atoms with Crippen molar-refractivity contribution < 1.29 is 4.79 Å². The molecule has 0 radical (unpaired) electrons. The Bertz CT molecular complexity index is 785. The van der Waals surface area contributed by atoms with Crippen molar-refractivity contribution in [3.05, 3.63) is 59.4 Å². The summed E-state index contributed by atoms with van der Waals surface area (Å²) < 4.78 is 0. The first-order valence-electron chi connectivity index (χ1n) is 7.73. The van der Waals surface area contributed by atoms with E-state index in [1.54, 1.807) is 18.3 Å². The molecule has 1 aliphatic carbocycles. The normalized spacial score (nSPS) is 17.3. The van der Waals surface area contributed by atoms with Crippen LogP contribution in [0, 0.1) is 0 Å². The molecule has 0 bridgehead atoms. The van der Waals surface area contributed by atoms with Crippen LogP contribution in [-0.2, 0) is 0 Å². The van der Waals surface area contributed by atoms with Crippen LogP contribution in [0.5, 0.6) is 0 Å². The van der Waals surface area contributed by atoms with Gasteiger partial charge in [-0.15, -0.1) is 0 Å². The molecule has 1 aliphatic rings. The average Bonchev–Trinajstić information content (AvgIpc) is 3.15. The first kappa shape index (κ1) is 15.7. The number of hydrogen-bond donors (Lipinski definition) is 3. The predicted molar refractivity (Wildman–Crippen MR) is 94.4 cm³/mol. The van der Waals surface area contributed by atoms with Crippen LogP contribution < -0.4 is 11.1 Å². The number of nitrogens with one attached hydrogen (secondary N) is 2. The second kappa shape index (κ2) is 6.13. The van der Waals surface area contributed by atoms with E-state index in [-0.39, 0.29) is 5.91 Å². The fraction of sp³-hybridized carbons (Fsp3) is 0.278. The largest absolute Gasteiger partial charge is 0.404 e. The summed E-state index contributed by atoms with van der Waals surface area (Å²) in [6.07, 6.45) is 7.15. The molecule has 23 heavy (non-hydrogen) atoms. The van der Waals surface area contributed by atoms with Gasteiger partial charge in [0.1, 0.15) is 5.69 Å². The highest BCUT2D eigenvalue weighted by Crippen LogP contribution is 2.36. The maximum absolute atomic E-state index is 12.7. The lowest BCUT2D eigenvalue weighted by molar-refractivity contribution is 0.0911. The Labute approximate surface area is 140 Å². The number of benzene rings is 1. The lowest BCUT2D eigenvalue weighted by Gasteiger charge is -2.31. The summed E-state index contributed by atoms with van der Waals surface area (Å²) in [5.41, 5.74) is 7.61. The Hall–Kier alpha value is -2.20. The van der Waals surface area contributed by atoms with Crippen molar-refractivity contribution in [3.8, 4) is 0 Å². The number of fused-ring (bicyclic) bond motifs is 1. The van der Waals surface area contributed by atoms with Gasteiger partial charge in [-0.25, -0.2) is 0 Å². The summed E-state index contributed by atoms with van der Waals surface area (Å²) >= 11 is 6.00. The highest BCUT2D eigenvalue weighted by molar-refractivity contribution is 6.31. The fourth-order valence-electron chi connectivity index (χ4n) is 3.40. The van der Waals surface area contributed by atoms with Gasteiger partial charge in [-0.05, 0) is 48.9 Å². The van der Waals surface area contributed by atoms with Crippen LogP contribution in [0.25, 0.3) is 10.9 Å². The van der Waals surface area contributed by atoms with Crippen LogP contribution in [0.1, 0.15) is 36.2 Å². The van der Waals surface area contributed by atoms with E-state index in [1.807, 2.05) is 18.2 Å². The monoisotopic (exact) mass is 329 g/mol. The summed E-state index contributed by atoms with van der Waals surface area (Å²) in [6, 6.07) is 7.33. The minimum absolute atomic E-state index is 0.138. The summed E-state index contributed by atoms with van der Waals surface area (Å²) in [4.78, 5) is 15.9. The van der Waals surface area contributed by atoms with E-state index in [0.29, 0.717) is 10.7 Å². The number of carbonyl (C=O) groups is 1. The molecule has 0 unspecified atom stereocenters. The van der Waals surface area contributed by atoms with E-state index in [9.17, 15) is 4.79 Å². The zero-order valence-corrected chi connectivity index (χ0v) is 13.6. The van der Waals surface area contributed by atoms with Crippen LogP contribution in [0.15, 0.2) is 48.7 Å². The van der Waals surface area contributed by atoms with Gasteiger partial charge in [0, 0.05) is 15.9 Å². The number of nitrogens with two attached hydrogens (primary N) is 1. The number of carbonyl (C=O) groups excluding carboxylic acids is 1. The van der Waals surface area contributed by atoms with Crippen molar-refractivity contribution in [1.29, 1.82) is 0 Å². The topological polar surface area (TPSA) is 70.9 Å². The molecule has 120 valence electrons. The third kappa shape index (κ3) is 2.86. The van der Waals surface area contributed by atoms with Gasteiger partial charge in [-0.1, -0.05) is 37.1 Å². The molecule has 4 N–H and O–H groups in total. The van der Waals surface area contributed by atoms with Gasteiger partial charge in [0.25, 0.3) is 5.91 Å². The van der Waals surface area contributed by atoms with E-state index >= 15 is 0 Å². The van der Waals surface area contributed by atoms with Gasteiger partial charge >= 0.3 is 0 Å². The summed E-state index contributed by atoms with van der Waals surface area (Å²) in [6.45, 7) is 3.82. The van der Waals surface area contributed by atoms with Crippen LogP contribution >= 0.6 is 11.6 Å². The quantitative estimate of drug-likeness (QED) is 0.745. The first-order chi connectivity index (χ1) is 11.1. The van der Waals surface area contributed by atoms with E-state index in [4.69, 9.17) is 17.3 Å². The molecule has 1 fully saturated rings. The van der Waals surface area contributed by atoms with Crippen LogP contribution in [-0.4, -0.2) is 16.4 Å². The molecule has 0 saturated heterocycles. The molecule has 5 heteroatoms. The van der Waals surface area contributed by atoms with Gasteiger partial charge in [0.05, 0.1) is 5.54 Å². The highest BCUT2D eigenvalue weighted by atomic mass is 35.5. The number of rotatable bonds is 4. The highest BCUT2D eigenvalue weighted by Gasteiger charge is 2.38. The maximum Gasteiger partial charge on any atom is 0.268 e. The number of H-pyrrole nitrogens is 1. The number of aromatic nitrogens is 1. The maximum atomic E-state index is 12.7. The van der Waals surface area contributed by atoms with E-state index in [1.165, 1.54) is 0 Å². The zero-order valence-electron chi connectivity index (χ0n) is 12.9. The van der Waals surface area contributed by atoms with Crippen molar-refractivity contribution in [2.75, 3.05) is 0 Å². The van der Waals surface area contributed by atoms with Crippen LogP contribution in [0.4, 0.5) is 0 Å². The number of halogens is 1. The van der Waals surface area contributed by atoms with Crippen LogP contribution in [0.2, 0.25) is 5.02 Å². The minimum atomic E-state index is -0.414. The molecule has 1 aromatic heterocycles. The van der Waals surface area contributed by atoms with E-state index in [2.05, 4.69) is 16.9 Å². The molecular weight excluding hydrogens is 310 g/mol. The number of aromatic amines is 1. The lowest BCUT2D eigenvalue weighted by atomic mass is 9.88. The third-order valence-electron chi connectivity index (χ3n) is 4.59. The van der Waals surface area contributed by atoms with E-state index in [0.717, 1.165) is 42.2 Å². The Morgan fingerprint density at radius 1 is 1.35 bits per heavy atom. The SMILES string of the molecule is C=C/C(=C\N)C1(NC(=O)c2cc3cc(Cl)ccc3[nH]2)CCCC1. The van der Waals surface area contributed by atoms with Gasteiger partial charge in [-0.2, -0.15) is 0 Å². The number of amides is 1. The van der Waals surface area contributed by atoms with Crippen molar-refractivity contribution >= 4 is 28.4 Å². The Kier molecular flexibility index (Phi) is 4.18. The molecule has 3 rings (SSSR count). The molecular formula is C18H20ClN3O. The Morgan fingerprint density at radius 2 is 2.09 bits per heavy atom. The van der Waals surface area contributed by atoms with Crippen LogP contribution in [0.3, 0.4) is 0 Å². The molecule has 0 atom stereocenters. The van der Waals surface area contributed by atoms with Crippen molar-refractivity contribution in [2.45, 2.75) is 31.2 Å². The average molecular weight is 330 g/mol. The number of hydrogen-bond acceptors (Lipinski definition) is 2. The molecule has 1 amide bonds. The molecule has 1 aromatic carbocycles. The lowest BCUT2D eigenvalue weighted by Crippen LogP contribution is -2.47. The Balaban J connectivity index is 1.90. The third-order valence-corrected chi connectivity index (χ3v) is 4.82. The second-order valence-corrected chi connectivity index (χ2v) is 6.42. The van der Waals surface area contributed by atoms with E-state index < -0.39 is 5.54 Å². The molecule has 2 aromatic rings. The minimum Gasteiger partial charge on any atom is -0.404 e. The van der Waals surface area contributed by atoms with Crippen molar-refractivity contribution in [1.82, 2.24) is 10.3 Å². The smallest absolute Gasteiger partial charge is 0.268 e. The summed E-state index contributed by atoms with van der Waals surface area (Å²) in [7, 11) is 0. The second-order valence-electron chi connectivity index (χ2n) is 5.98.